The van der Waals surface area contributed by atoms with E-state index in [-0.39, 0.29) is 5.82 Å². The Kier molecular flexibility index (Phi) is 2.29. The van der Waals surface area contributed by atoms with Crippen LogP contribution in [0.2, 0.25) is 0 Å². The number of halogens is 1. The Hall–Kier alpha value is -2.04. The van der Waals surface area contributed by atoms with Gasteiger partial charge in [-0.2, -0.15) is 5.10 Å². The molecule has 5 heteroatoms. The lowest BCUT2D eigenvalue weighted by Gasteiger charge is -2.06. The van der Waals surface area contributed by atoms with Crippen molar-refractivity contribution in [2.45, 2.75) is 0 Å². The normalized spacial score (nSPS) is 10.3. The average molecular weight is 206 g/mol. The molecule has 0 bridgehead atoms. The first-order chi connectivity index (χ1) is 7.15. The van der Waals surface area contributed by atoms with Crippen molar-refractivity contribution in [1.82, 2.24) is 9.78 Å². The summed E-state index contributed by atoms with van der Waals surface area (Å²) in [4.78, 5) is 0. The van der Waals surface area contributed by atoms with Gasteiger partial charge in [-0.15, -0.1) is 0 Å². The van der Waals surface area contributed by atoms with Gasteiger partial charge in [0.15, 0.2) is 5.82 Å². The van der Waals surface area contributed by atoms with Crippen LogP contribution < -0.4 is 11.1 Å². The van der Waals surface area contributed by atoms with Gasteiger partial charge in [-0.3, -0.25) is 4.68 Å². The van der Waals surface area contributed by atoms with E-state index in [9.17, 15) is 4.39 Å². The molecule has 0 aliphatic carbocycles. The lowest BCUT2D eigenvalue weighted by molar-refractivity contribution is 0.628. The molecule has 0 saturated carbocycles. The van der Waals surface area contributed by atoms with Gasteiger partial charge in [0.25, 0.3) is 0 Å². The molecule has 78 valence electrons. The number of anilines is 3. The van der Waals surface area contributed by atoms with Crippen LogP contribution in [0.5, 0.6) is 0 Å². The summed E-state index contributed by atoms with van der Waals surface area (Å²) < 4.78 is 14.4. The largest absolute Gasteiger partial charge is 0.397 e. The monoisotopic (exact) mass is 206 g/mol. The molecule has 2 aromatic rings. The first-order valence-corrected chi connectivity index (χ1v) is 4.47. The van der Waals surface area contributed by atoms with Crippen LogP contribution in [0.1, 0.15) is 0 Å². The molecule has 0 fully saturated rings. The zero-order valence-corrected chi connectivity index (χ0v) is 8.24. The second kappa shape index (κ2) is 3.61. The van der Waals surface area contributed by atoms with E-state index in [4.69, 9.17) is 5.73 Å². The fourth-order valence-electron chi connectivity index (χ4n) is 1.27. The quantitative estimate of drug-likeness (QED) is 0.738. The Morgan fingerprint density at radius 2 is 2.20 bits per heavy atom. The van der Waals surface area contributed by atoms with Crippen molar-refractivity contribution in [3.05, 3.63) is 36.3 Å². The van der Waals surface area contributed by atoms with Gasteiger partial charge in [-0.05, 0) is 18.2 Å². The lowest BCUT2D eigenvalue weighted by atomic mass is 10.2. The highest BCUT2D eigenvalue weighted by atomic mass is 19.1. The molecule has 1 aromatic carbocycles. The van der Waals surface area contributed by atoms with E-state index in [1.54, 1.807) is 10.7 Å². The minimum atomic E-state index is -0.348. The molecule has 0 unspecified atom stereocenters. The second-order valence-corrected chi connectivity index (χ2v) is 3.23. The maximum Gasteiger partial charge on any atom is 0.152 e. The molecule has 1 heterocycles. The van der Waals surface area contributed by atoms with Crippen molar-refractivity contribution in [3.8, 4) is 0 Å². The van der Waals surface area contributed by atoms with Crippen molar-refractivity contribution in [2.24, 2.45) is 7.05 Å². The predicted molar refractivity (Wildman–Crippen MR) is 57.3 cm³/mol. The molecule has 0 radical (unpaired) electrons. The van der Waals surface area contributed by atoms with E-state index in [1.807, 2.05) is 19.3 Å². The smallest absolute Gasteiger partial charge is 0.152 e. The Bertz CT molecular complexity index is 478. The van der Waals surface area contributed by atoms with Crippen LogP contribution >= 0.6 is 0 Å². The predicted octanol–water partition coefficient (Wildman–Crippen LogP) is 1.88. The molecule has 1 aromatic heterocycles. The topological polar surface area (TPSA) is 55.9 Å². The van der Waals surface area contributed by atoms with Gasteiger partial charge in [0.05, 0.1) is 11.4 Å². The number of hydrogen-bond acceptors (Lipinski definition) is 3. The maximum absolute atomic E-state index is 12.8. The van der Waals surface area contributed by atoms with Gasteiger partial charge in [0, 0.05) is 19.3 Å². The zero-order chi connectivity index (χ0) is 10.8. The van der Waals surface area contributed by atoms with Crippen LogP contribution in [0.4, 0.5) is 21.6 Å². The molecule has 0 aliphatic rings. The van der Waals surface area contributed by atoms with Crippen LogP contribution in [0.15, 0.2) is 30.5 Å². The minimum Gasteiger partial charge on any atom is -0.397 e. The molecule has 2 rings (SSSR count). The summed E-state index contributed by atoms with van der Waals surface area (Å²) in [5.41, 5.74) is 6.65. The van der Waals surface area contributed by atoms with Crippen molar-refractivity contribution in [3.63, 3.8) is 0 Å². The molecule has 0 aliphatic heterocycles. The SMILES string of the molecule is Cn1ccc(Nc2ccc(F)cc2N)n1. The highest BCUT2D eigenvalue weighted by Crippen LogP contribution is 2.22. The third-order valence-corrected chi connectivity index (χ3v) is 1.99. The third-order valence-electron chi connectivity index (χ3n) is 1.99. The Morgan fingerprint density at radius 1 is 1.40 bits per heavy atom. The number of hydrogen-bond donors (Lipinski definition) is 2. The van der Waals surface area contributed by atoms with Crippen molar-refractivity contribution in [1.29, 1.82) is 0 Å². The standard InChI is InChI=1S/C10H11FN4/c1-15-5-4-10(14-15)13-9-3-2-7(11)6-8(9)12/h2-6H,12H2,1H3,(H,13,14). The molecule has 3 N–H and O–H groups in total. The van der Waals surface area contributed by atoms with Gasteiger partial charge in [0.2, 0.25) is 0 Å². The van der Waals surface area contributed by atoms with E-state index in [0.29, 0.717) is 17.2 Å². The highest BCUT2D eigenvalue weighted by Gasteiger charge is 2.02. The molecule has 0 spiro atoms. The lowest BCUT2D eigenvalue weighted by Crippen LogP contribution is -1.98. The highest BCUT2D eigenvalue weighted by molar-refractivity contribution is 5.70. The fourth-order valence-corrected chi connectivity index (χ4v) is 1.27. The molecular weight excluding hydrogens is 195 g/mol. The van der Waals surface area contributed by atoms with Gasteiger partial charge in [-0.1, -0.05) is 0 Å². The molecule has 0 atom stereocenters. The second-order valence-electron chi connectivity index (χ2n) is 3.23. The summed E-state index contributed by atoms with van der Waals surface area (Å²) in [6.07, 6.45) is 1.81. The first kappa shape index (κ1) is 9.51. The number of benzene rings is 1. The van der Waals surface area contributed by atoms with E-state index in [2.05, 4.69) is 10.4 Å². The number of aryl methyl sites for hydroxylation is 1. The summed E-state index contributed by atoms with van der Waals surface area (Å²) in [5, 5.41) is 7.12. The van der Waals surface area contributed by atoms with Gasteiger partial charge < -0.3 is 11.1 Å². The summed E-state index contributed by atoms with van der Waals surface area (Å²) in [7, 11) is 1.82. The Morgan fingerprint density at radius 3 is 2.80 bits per heavy atom. The van der Waals surface area contributed by atoms with Crippen molar-refractivity contribution in [2.75, 3.05) is 11.1 Å². The number of nitrogen functional groups attached to an aromatic ring is 1. The molecule has 0 saturated heterocycles. The van der Waals surface area contributed by atoms with Gasteiger partial charge in [-0.25, -0.2) is 4.39 Å². The van der Waals surface area contributed by atoms with Crippen LogP contribution in [0, 0.1) is 5.82 Å². The van der Waals surface area contributed by atoms with E-state index >= 15 is 0 Å². The van der Waals surface area contributed by atoms with Crippen molar-refractivity contribution >= 4 is 17.2 Å². The minimum absolute atomic E-state index is 0.348. The fraction of sp³-hybridized carbons (Fsp3) is 0.100. The summed E-state index contributed by atoms with van der Waals surface area (Å²) in [6, 6.07) is 6.01. The summed E-state index contributed by atoms with van der Waals surface area (Å²) in [6.45, 7) is 0. The zero-order valence-electron chi connectivity index (χ0n) is 8.24. The Labute approximate surface area is 86.5 Å². The van der Waals surface area contributed by atoms with Gasteiger partial charge >= 0.3 is 0 Å². The van der Waals surface area contributed by atoms with Crippen LogP contribution in [0.3, 0.4) is 0 Å². The number of rotatable bonds is 2. The van der Waals surface area contributed by atoms with Crippen LogP contribution in [-0.2, 0) is 7.05 Å². The number of nitrogens with two attached hydrogens (primary N) is 1. The number of nitrogens with zero attached hydrogens (tertiary/aromatic N) is 2. The molecular formula is C10H11FN4. The van der Waals surface area contributed by atoms with Crippen molar-refractivity contribution < 1.29 is 4.39 Å². The van der Waals surface area contributed by atoms with Gasteiger partial charge in [0.1, 0.15) is 5.82 Å². The molecule has 4 nitrogen and oxygen atoms in total. The molecule has 0 amide bonds. The number of aromatic nitrogens is 2. The summed E-state index contributed by atoms with van der Waals surface area (Å²) >= 11 is 0. The number of nitrogens with one attached hydrogen (secondary N) is 1. The maximum atomic E-state index is 12.8. The van der Waals surface area contributed by atoms with E-state index in [1.165, 1.54) is 12.1 Å². The Balaban J connectivity index is 2.24. The van der Waals surface area contributed by atoms with Crippen LogP contribution in [-0.4, -0.2) is 9.78 Å². The average Bonchev–Trinajstić information content (AvgIpc) is 2.56. The summed E-state index contributed by atoms with van der Waals surface area (Å²) in [5.74, 6) is 0.329. The first-order valence-electron chi connectivity index (χ1n) is 4.47. The van der Waals surface area contributed by atoms with Crippen LogP contribution in [0.25, 0.3) is 0 Å². The third kappa shape index (κ3) is 2.07. The van der Waals surface area contributed by atoms with E-state index in [0.717, 1.165) is 0 Å². The molecule has 15 heavy (non-hydrogen) atoms. The van der Waals surface area contributed by atoms with E-state index < -0.39 is 0 Å².